The van der Waals surface area contributed by atoms with Gasteiger partial charge < -0.3 is 4.42 Å². The standard InChI is InChI=1S/C16H12BrN3O2/c17-13-8-4-7-12(10-13)15(21)18-16-20-19-14(22-16)9-11-5-2-1-3-6-11/h1-8,10H,9H2,(H,18,20,21). The molecule has 0 spiro atoms. The van der Waals surface area contributed by atoms with E-state index in [0.717, 1.165) is 10.0 Å². The summed E-state index contributed by atoms with van der Waals surface area (Å²) in [6.45, 7) is 0. The van der Waals surface area contributed by atoms with Crippen molar-refractivity contribution in [3.05, 3.63) is 76.1 Å². The molecule has 0 atom stereocenters. The van der Waals surface area contributed by atoms with E-state index in [2.05, 4.69) is 31.4 Å². The minimum absolute atomic E-state index is 0.0934. The van der Waals surface area contributed by atoms with Gasteiger partial charge in [-0.15, -0.1) is 5.10 Å². The molecule has 1 N–H and O–H groups in total. The number of amides is 1. The van der Waals surface area contributed by atoms with E-state index < -0.39 is 0 Å². The average Bonchev–Trinajstić information content (AvgIpc) is 2.95. The monoisotopic (exact) mass is 357 g/mol. The van der Waals surface area contributed by atoms with Gasteiger partial charge in [0, 0.05) is 10.0 Å². The van der Waals surface area contributed by atoms with Crippen LogP contribution in [-0.2, 0) is 6.42 Å². The Hall–Kier alpha value is -2.47. The molecule has 0 radical (unpaired) electrons. The number of nitrogens with zero attached hydrogens (tertiary/aromatic N) is 2. The van der Waals surface area contributed by atoms with Gasteiger partial charge in [-0.05, 0) is 23.8 Å². The Labute approximate surface area is 135 Å². The second kappa shape index (κ2) is 6.53. The molecule has 0 fully saturated rings. The minimum atomic E-state index is -0.295. The Morgan fingerprint density at radius 2 is 1.91 bits per heavy atom. The molecule has 0 unspecified atom stereocenters. The minimum Gasteiger partial charge on any atom is -0.407 e. The summed E-state index contributed by atoms with van der Waals surface area (Å²) in [5, 5.41) is 10.4. The van der Waals surface area contributed by atoms with Gasteiger partial charge in [-0.2, -0.15) is 0 Å². The second-order valence-electron chi connectivity index (χ2n) is 4.63. The number of anilines is 1. The molecule has 6 heteroatoms. The molecule has 3 rings (SSSR count). The summed E-state index contributed by atoms with van der Waals surface area (Å²) in [5.74, 6) is 0.159. The van der Waals surface area contributed by atoms with Crippen LogP contribution in [0.3, 0.4) is 0 Å². The Kier molecular flexibility index (Phi) is 4.29. The molecule has 0 aliphatic heterocycles. The third-order valence-corrected chi connectivity index (χ3v) is 3.47. The Balaban J connectivity index is 1.68. The van der Waals surface area contributed by atoms with Gasteiger partial charge in [0.25, 0.3) is 5.91 Å². The first kappa shape index (κ1) is 14.5. The van der Waals surface area contributed by atoms with Crippen molar-refractivity contribution >= 4 is 27.9 Å². The van der Waals surface area contributed by atoms with Crippen LogP contribution in [0.2, 0.25) is 0 Å². The van der Waals surface area contributed by atoms with E-state index in [4.69, 9.17) is 4.42 Å². The molecule has 0 aliphatic carbocycles. The summed E-state index contributed by atoms with van der Waals surface area (Å²) >= 11 is 3.33. The van der Waals surface area contributed by atoms with Gasteiger partial charge in [0.2, 0.25) is 5.89 Å². The summed E-state index contributed by atoms with van der Waals surface area (Å²) in [4.78, 5) is 12.1. The van der Waals surface area contributed by atoms with Crippen molar-refractivity contribution in [1.29, 1.82) is 0 Å². The van der Waals surface area contributed by atoms with E-state index in [1.807, 2.05) is 36.4 Å². The molecule has 1 heterocycles. The number of rotatable bonds is 4. The smallest absolute Gasteiger partial charge is 0.322 e. The van der Waals surface area contributed by atoms with Crippen LogP contribution in [0.5, 0.6) is 0 Å². The van der Waals surface area contributed by atoms with Crippen molar-refractivity contribution in [3.8, 4) is 0 Å². The second-order valence-corrected chi connectivity index (χ2v) is 5.54. The highest BCUT2D eigenvalue weighted by molar-refractivity contribution is 9.10. The summed E-state index contributed by atoms with van der Waals surface area (Å²) in [7, 11) is 0. The lowest BCUT2D eigenvalue weighted by Crippen LogP contribution is -2.11. The summed E-state index contributed by atoms with van der Waals surface area (Å²) in [6.07, 6.45) is 0.528. The highest BCUT2D eigenvalue weighted by Crippen LogP contribution is 2.15. The van der Waals surface area contributed by atoms with E-state index in [-0.39, 0.29) is 11.9 Å². The van der Waals surface area contributed by atoms with Crippen LogP contribution in [0, 0.1) is 0 Å². The number of halogens is 1. The Bertz CT molecular complexity index is 787. The molecule has 1 aromatic heterocycles. The van der Waals surface area contributed by atoms with Gasteiger partial charge in [-0.1, -0.05) is 57.4 Å². The fourth-order valence-electron chi connectivity index (χ4n) is 1.95. The molecule has 3 aromatic rings. The van der Waals surface area contributed by atoms with Crippen molar-refractivity contribution in [1.82, 2.24) is 10.2 Å². The van der Waals surface area contributed by atoms with Crippen LogP contribution in [0.1, 0.15) is 21.8 Å². The Morgan fingerprint density at radius 3 is 2.68 bits per heavy atom. The van der Waals surface area contributed by atoms with Gasteiger partial charge in [-0.25, -0.2) is 0 Å². The number of nitrogens with one attached hydrogen (secondary N) is 1. The molecule has 2 aromatic carbocycles. The van der Waals surface area contributed by atoms with Crippen molar-refractivity contribution in [2.24, 2.45) is 0 Å². The van der Waals surface area contributed by atoms with E-state index in [1.54, 1.807) is 18.2 Å². The molecule has 0 saturated heterocycles. The lowest BCUT2D eigenvalue weighted by molar-refractivity contribution is 0.102. The van der Waals surface area contributed by atoms with Gasteiger partial charge >= 0.3 is 6.01 Å². The maximum Gasteiger partial charge on any atom is 0.322 e. The zero-order chi connectivity index (χ0) is 15.4. The van der Waals surface area contributed by atoms with Crippen molar-refractivity contribution in [2.45, 2.75) is 6.42 Å². The van der Waals surface area contributed by atoms with Crippen molar-refractivity contribution < 1.29 is 9.21 Å². The van der Waals surface area contributed by atoms with Crippen LogP contribution in [-0.4, -0.2) is 16.1 Å². The van der Waals surface area contributed by atoms with Crippen LogP contribution >= 0.6 is 15.9 Å². The largest absolute Gasteiger partial charge is 0.407 e. The van der Waals surface area contributed by atoms with Gasteiger partial charge in [-0.3, -0.25) is 10.1 Å². The van der Waals surface area contributed by atoms with Gasteiger partial charge in [0.05, 0.1) is 6.42 Å². The predicted molar refractivity (Wildman–Crippen MR) is 85.6 cm³/mol. The topological polar surface area (TPSA) is 68.0 Å². The number of aromatic nitrogens is 2. The zero-order valence-corrected chi connectivity index (χ0v) is 13.1. The molecule has 5 nitrogen and oxygen atoms in total. The van der Waals surface area contributed by atoms with Gasteiger partial charge in [0.1, 0.15) is 0 Å². The molecule has 0 aliphatic rings. The van der Waals surface area contributed by atoms with Crippen LogP contribution in [0.4, 0.5) is 6.01 Å². The molecule has 0 saturated carbocycles. The number of hydrogen-bond acceptors (Lipinski definition) is 4. The first-order valence-corrected chi connectivity index (χ1v) is 7.43. The lowest BCUT2D eigenvalue weighted by atomic mass is 10.2. The number of carbonyl (C=O) groups excluding carboxylic acids is 1. The van der Waals surface area contributed by atoms with Crippen LogP contribution < -0.4 is 5.32 Å². The highest BCUT2D eigenvalue weighted by Gasteiger charge is 2.12. The summed E-state index contributed by atoms with van der Waals surface area (Å²) in [5.41, 5.74) is 1.58. The maximum absolute atomic E-state index is 12.1. The third kappa shape index (κ3) is 3.59. The molecule has 1 amide bonds. The van der Waals surface area contributed by atoms with E-state index in [9.17, 15) is 4.79 Å². The SMILES string of the molecule is O=C(Nc1nnc(Cc2ccccc2)o1)c1cccc(Br)c1. The number of carbonyl (C=O) groups is 1. The average molecular weight is 358 g/mol. The van der Waals surface area contributed by atoms with Crippen LogP contribution in [0.15, 0.2) is 63.5 Å². The predicted octanol–water partition coefficient (Wildman–Crippen LogP) is 3.68. The van der Waals surface area contributed by atoms with E-state index in [1.165, 1.54) is 0 Å². The van der Waals surface area contributed by atoms with Crippen molar-refractivity contribution in [3.63, 3.8) is 0 Å². The first-order chi connectivity index (χ1) is 10.7. The quantitative estimate of drug-likeness (QED) is 0.773. The normalized spacial score (nSPS) is 10.4. The van der Waals surface area contributed by atoms with Crippen LogP contribution in [0.25, 0.3) is 0 Å². The number of hydrogen-bond donors (Lipinski definition) is 1. The lowest BCUT2D eigenvalue weighted by Gasteiger charge is -2.00. The maximum atomic E-state index is 12.1. The summed E-state index contributed by atoms with van der Waals surface area (Å²) in [6, 6.07) is 16.9. The highest BCUT2D eigenvalue weighted by atomic mass is 79.9. The molecular formula is C16H12BrN3O2. The zero-order valence-electron chi connectivity index (χ0n) is 11.5. The van der Waals surface area contributed by atoms with E-state index >= 15 is 0 Å². The van der Waals surface area contributed by atoms with Gasteiger partial charge in [0.15, 0.2) is 0 Å². The number of benzene rings is 2. The van der Waals surface area contributed by atoms with E-state index in [0.29, 0.717) is 17.9 Å². The third-order valence-electron chi connectivity index (χ3n) is 2.97. The molecule has 0 bridgehead atoms. The fraction of sp³-hybridized carbons (Fsp3) is 0.0625. The van der Waals surface area contributed by atoms with Crippen molar-refractivity contribution in [2.75, 3.05) is 5.32 Å². The Morgan fingerprint density at radius 1 is 1.09 bits per heavy atom. The molecular weight excluding hydrogens is 346 g/mol. The molecule has 22 heavy (non-hydrogen) atoms. The summed E-state index contributed by atoms with van der Waals surface area (Å²) < 4.78 is 6.27. The molecule has 110 valence electrons. The first-order valence-electron chi connectivity index (χ1n) is 6.64. The fourth-order valence-corrected chi connectivity index (χ4v) is 2.34.